The molecule has 0 spiro atoms. The maximum atomic E-state index is 13.8. The maximum Gasteiger partial charge on any atom is 0.466 e. The van der Waals surface area contributed by atoms with Gasteiger partial charge in [-0.1, -0.05) is 6.58 Å². The Morgan fingerprint density at radius 2 is 1.39 bits per heavy atom. The van der Waals surface area contributed by atoms with Crippen LogP contribution in [0.25, 0.3) is 0 Å². The Bertz CT molecular complexity index is 939. The minimum Gasteiger partial charge on any atom is -0.743 e. The van der Waals surface area contributed by atoms with Crippen molar-refractivity contribution >= 4 is 22.0 Å². The quantitative estimate of drug-likeness (QED) is 0.0999. The molecule has 8 nitrogen and oxygen atoms in total. The molecule has 0 bridgehead atoms. The highest BCUT2D eigenvalue weighted by Gasteiger charge is 2.67. The van der Waals surface area contributed by atoms with Crippen LogP contribution in [0.15, 0.2) is 12.2 Å². The van der Waals surface area contributed by atoms with Crippen LogP contribution in [-0.2, 0) is 29.2 Å². The number of rotatable bonds is 11. The van der Waals surface area contributed by atoms with Crippen LogP contribution in [0.5, 0.6) is 0 Å². The lowest BCUT2D eigenvalue weighted by Gasteiger charge is -2.35. The monoisotopic (exact) mass is 572 g/mol. The second kappa shape index (κ2) is 10.7. The van der Waals surface area contributed by atoms with Crippen molar-refractivity contribution in [2.24, 2.45) is 0 Å². The number of esters is 1. The standard InChI is InChI=1S/C17H21F10NO7S/c1-9(15(20,21)22)10(29)35-14(16(23,24)25,11(30)28-12(2,3)4)34-8-6-5-7-13(18,19)17(26,27)36(31,32)33/h1,5-8H2,2-4H3,(H,28,30)(H,31,32,33)/p-1. The van der Waals surface area contributed by atoms with E-state index in [1.807, 2.05) is 0 Å². The molecular weight excluding hydrogens is 552 g/mol. The van der Waals surface area contributed by atoms with Gasteiger partial charge in [0, 0.05) is 12.0 Å². The molecule has 1 amide bonds. The SMILES string of the molecule is C=C(C(=O)OC(OCCCCC(F)(F)C(F)(F)S(=O)(=O)[O-])(C(=O)NC(C)(C)C)C(F)(F)F)C(F)(F)F. The fraction of sp³-hybridized carbons (Fsp3) is 0.765. The molecule has 0 radical (unpaired) electrons. The summed E-state index contributed by atoms with van der Waals surface area (Å²) in [6.45, 7) is 4.08. The molecule has 0 aliphatic heterocycles. The van der Waals surface area contributed by atoms with Crippen molar-refractivity contribution in [3.05, 3.63) is 12.2 Å². The first kappa shape index (κ1) is 33.8. The molecule has 0 saturated heterocycles. The molecule has 19 heteroatoms. The van der Waals surface area contributed by atoms with E-state index in [4.69, 9.17) is 0 Å². The van der Waals surface area contributed by atoms with E-state index in [1.54, 1.807) is 5.32 Å². The zero-order chi connectivity index (χ0) is 29.2. The van der Waals surface area contributed by atoms with Crippen LogP contribution < -0.4 is 5.32 Å². The highest BCUT2D eigenvalue weighted by atomic mass is 32.2. The average Bonchev–Trinajstić information content (AvgIpc) is 2.61. The largest absolute Gasteiger partial charge is 0.743 e. The van der Waals surface area contributed by atoms with Crippen LogP contribution in [0.2, 0.25) is 0 Å². The highest BCUT2D eigenvalue weighted by molar-refractivity contribution is 7.86. The zero-order valence-corrected chi connectivity index (χ0v) is 19.4. The summed E-state index contributed by atoms with van der Waals surface area (Å²) >= 11 is 0. The van der Waals surface area contributed by atoms with Gasteiger partial charge in [0.25, 0.3) is 0 Å². The Kier molecular flexibility index (Phi) is 10.0. The van der Waals surface area contributed by atoms with E-state index in [2.05, 4.69) is 16.1 Å². The van der Waals surface area contributed by atoms with Crippen LogP contribution in [0, 0.1) is 0 Å². The van der Waals surface area contributed by atoms with E-state index in [0.29, 0.717) is 0 Å². The van der Waals surface area contributed by atoms with E-state index in [9.17, 15) is 66.5 Å². The Labute approximate surface area is 197 Å². The number of amides is 1. The number of hydrogen-bond acceptors (Lipinski definition) is 7. The summed E-state index contributed by atoms with van der Waals surface area (Å²) in [6.07, 6.45) is -16.0. The number of carbonyl (C=O) groups is 2. The molecular formula is C17H20F10NO7S-. The van der Waals surface area contributed by atoms with Crippen molar-refractivity contribution in [2.45, 2.75) is 74.9 Å². The Balaban J connectivity index is 5.91. The first-order valence-corrected chi connectivity index (χ1v) is 10.8. The van der Waals surface area contributed by atoms with E-state index in [-0.39, 0.29) is 0 Å². The Hall–Kier alpha value is -2.15. The number of hydrogen-bond donors (Lipinski definition) is 1. The Morgan fingerprint density at radius 3 is 1.75 bits per heavy atom. The molecule has 0 fully saturated rings. The van der Waals surface area contributed by atoms with Crippen molar-refractivity contribution in [1.29, 1.82) is 0 Å². The van der Waals surface area contributed by atoms with Gasteiger partial charge in [-0.25, -0.2) is 13.2 Å². The van der Waals surface area contributed by atoms with Crippen molar-refractivity contribution < 1.29 is 75.9 Å². The van der Waals surface area contributed by atoms with Gasteiger partial charge in [0.15, 0.2) is 10.1 Å². The minimum atomic E-state index is -6.83. The first-order chi connectivity index (χ1) is 15.6. The summed E-state index contributed by atoms with van der Waals surface area (Å²) in [4.78, 5) is 24.0. The first-order valence-electron chi connectivity index (χ1n) is 9.36. The zero-order valence-electron chi connectivity index (χ0n) is 18.6. The fourth-order valence-electron chi connectivity index (χ4n) is 2.13. The summed E-state index contributed by atoms with van der Waals surface area (Å²) in [7, 11) is -6.83. The third-order valence-corrected chi connectivity index (χ3v) is 4.84. The molecule has 0 saturated carbocycles. The molecule has 212 valence electrons. The third-order valence-electron chi connectivity index (χ3n) is 3.92. The van der Waals surface area contributed by atoms with E-state index >= 15 is 0 Å². The third kappa shape index (κ3) is 8.19. The molecule has 0 aromatic heterocycles. The van der Waals surface area contributed by atoms with Gasteiger partial charge in [0.1, 0.15) is 5.57 Å². The molecule has 1 unspecified atom stereocenters. The molecule has 0 rings (SSSR count). The van der Waals surface area contributed by atoms with Crippen LogP contribution in [0.4, 0.5) is 43.9 Å². The number of nitrogens with one attached hydrogen (secondary N) is 1. The lowest BCUT2D eigenvalue weighted by molar-refractivity contribution is -0.348. The van der Waals surface area contributed by atoms with Gasteiger partial charge in [-0.05, 0) is 33.6 Å². The van der Waals surface area contributed by atoms with Gasteiger partial charge in [0.2, 0.25) is 0 Å². The van der Waals surface area contributed by atoms with Crippen LogP contribution in [-0.4, -0.2) is 66.3 Å². The molecule has 0 aromatic carbocycles. The van der Waals surface area contributed by atoms with Crippen LogP contribution in [0.3, 0.4) is 0 Å². The lowest BCUT2D eigenvalue weighted by Crippen LogP contribution is -2.64. The number of unbranched alkanes of at least 4 members (excludes halogenated alkanes) is 1. The van der Waals surface area contributed by atoms with Crippen LogP contribution in [0.1, 0.15) is 40.0 Å². The number of carbonyl (C=O) groups excluding carboxylic acids is 2. The lowest BCUT2D eigenvalue weighted by atomic mass is 10.1. The van der Waals surface area contributed by atoms with Crippen molar-refractivity contribution in [1.82, 2.24) is 5.32 Å². The van der Waals surface area contributed by atoms with Gasteiger partial charge in [-0.2, -0.15) is 43.9 Å². The summed E-state index contributed by atoms with van der Waals surface area (Å²) in [5.74, 6) is -15.3. The van der Waals surface area contributed by atoms with E-state index in [0.717, 1.165) is 20.8 Å². The van der Waals surface area contributed by atoms with Gasteiger partial charge < -0.3 is 19.3 Å². The van der Waals surface area contributed by atoms with Gasteiger partial charge in [0.05, 0.1) is 6.61 Å². The topological polar surface area (TPSA) is 122 Å². The molecule has 0 aromatic rings. The molecule has 0 aliphatic carbocycles. The van der Waals surface area contributed by atoms with Crippen molar-refractivity contribution in [2.75, 3.05) is 6.61 Å². The van der Waals surface area contributed by atoms with Crippen molar-refractivity contribution in [3.8, 4) is 0 Å². The van der Waals surface area contributed by atoms with Crippen molar-refractivity contribution in [3.63, 3.8) is 0 Å². The number of ether oxygens (including phenoxy) is 2. The fourth-order valence-corrected chi connectivity index (χ4v) is 2.60. The Morgan fingerprint density at radius 1 is 0.917 bits per heavy atom. The van der Waals surface area contributed by atoms with Gasteiger partial charge in [-0.15, -0.1) is 0 Å². The normalized spacial score (nSPS) is 15.7. The minimum absolute atomic E-state index is 1.08. The number of alkyl halides is 10. The number of halogens is 10. The molecule has 0 heterocycles. The molecule has 1 N–H and O–H groups in total. The maximum absolute atomic E-state index is 13.8. The van der Waals surface area contributed by atoms with E-state index < -0.39 is 88.3 Å². The second-order valence-corrected chi connectivity index (χ2v) is 9.59. The molecule has 1 atom stereocenters. The summed E-state index contributed by atoms with van der Waals surface area (Å²) < 4.78 is 171. The average molecular weight is 572 g/mol. The summed E-state index contributed by atoms with van der Waals surface area (Å²) in [5, 5.41) is -4.41. The van der Waals surface area contributed by atoms with Gasteiger partial charge in [-0.3, -0.25) is 4.79 Å². The summed E-state index contributed by atoms with van der Waals surface area (Å²) in [5.41, 5.74) is -3.98. The smallest absolute Gasteiger partial charge is 0.466 e. The summed E-state index contributed by atoms with van der Waals surface area (Å²) in [6, 6.07) is 0. The van der Waals surface area contributed by atoms with E-state index in [1.165, 1.54) is 0 Å². The predicted octanol–water partition coefficient (Wildman–Crippen LogP) is 3.78. The van der Waals surface area contributed by atoms with Gasteiger partial charge >= 0.3 is 41.2 Å². The van der Waals surface area contributed by atoms with Crippen LogP contribution >= 0.6 is 0 Å². The second-order valence-electron chi connectivity index (χ2n) is 8.17. The molecule has 36 heavy (non-hydrogen) atoms. The predicted molar refractivity (Wildman–Crippen MR) is 97.4 cm³/mol. The highest BCUT2D eigenvalue weighted by Crippen LogP contribution is 2.42. The molecule has 0 aliphatic rings.